The lowest BCUT2D eigenvalue weighted by molar-refractivity contribution is -0.117. The molecule has 1 amide bonds. The van der Waals surface area contributed by atoms with Crippen LogP contribution >= 0.6 is 0 Å². The van der Waals surface area contributed by atoms with Gasteiger partial charge in [-0.25, -0.2) is 0 Å². The van der Waals surface area contributed by atoms with Crippen LogP contribution in [0, 0.1) is 17.2 Å². The Bertz CT molecular complexity index is 479. The molecule has 0 bridgehead atoms. The van der Waals surface area contributed by atoms with E-state index in [9.17, 15) is 4.79 Å². The number of nitrogens with zero attached hydrogens (tertiary/aromatic N) is 2. The van der Waals surface area contributed by atoms with Crippen molar-refractivity contribution in [2.75, 3.05) is 12.0 Å². The number of ether oxygens (including phenoxy) is 1. The molecule has 1 aromatic rings. The summed E-state index contributed by atoms with van der Waals surface area (Å²) in [5, 5.41) is 8.97. The zero-order valence-electron chi connectivity index (χ0n) is 9.88. The molecular weight excluding hydrogens is 216 g/mol. The first-order chi connectivity index (χ1) is 8.17. The fourth-order valence-electron chi connectivity index (χ4n) is 2.16. The van der Waals surface area contributed by atoms with E-state index < -0.39 is 0 Å². The molecule has 0 spiro atoms. The van der Waals surface area contributed by atoms with E-state index in [1.807, 2.05) is 31.2 Å². The summed E-state index contributed by atoms with van der Waals surface area (Å²) in [7, 11) is 1.59. The third kappa shape index (κ3) is 1.96. The first-order valence-electron chi connectivity index (χ1n) is 5.53. The SMILES string of the molecule is COc1cccc(N2C(=O)CC(C#N)C2C)c1. The van der Waals surface area contributed by atoms with Crippen molar-refractivity contribution in [3.63, 3.8) is 0 Å². The van der Waals surface area contributed by atoms with Gasteiger partial charge in [-0.15, -0.1) is 0 Å². The lowest BCUT2D eigenvalue weighted by Crippen LogP contribution is -2.32. The number of methoxy groups -OCH3 is 1. The molecule has 0 aliphatic carbocycles. The highest BCUT2D eigenvalue weighted by atomic mass is 16.5. The maximum absolute atomic E-state index is 11.9. The maximum atomic E-state index is 11.9. The molecule has 0 aromatic heterocycles. The normalized spacial score (nSPS) is 23.6. The fourth-order valence-corrected chi connectivity index (χ4v) is 2.16. The second-order valence-corrected chi connectivity index (χ2v) is 4.15. The second-order valence-electron chi connectivity index (χ2n) is 4.15. The topological polar surface area (TPSA) is 53.3 Å². The summed E-state index contributed by atoms with van der Waals surface area (Å²) in [5.74, 6) is 0.480. The molecular formula is C13H14N2O2. The predicted molar refractivity (Wildman–Crippen MR) is 63.7 cm³/mol. The zero-order valence-corrected chi connectivity index (χ0v) is 9.88. The monoisotopic (exact) mass is 230 g/mol. The summed E-state index contributed by atoms with van der Waals surface area (Å²) >= 11 is 0. The van der Waals surface area contributed by atoms with E-state index in [4.69, 9.17) is 10.00 Å². The van der Waals surface area contributed by atoms with Crippen LogP contribution in [0.3, 0.4) is 0 Å². The molecule has 1 fully saturated rings. The van der Waals surface area contributed by atoms with Crippen molar-refractivity contribution < 1.29 is 9.53 Å². The minimum absolute atomic E-state index is 0.00250. The van der Waals surface area contributed by atoms with Crippen molar-refractivity contribution in [1.29, 1.82) is 5.26 Å². The quantitative estimate of drug-likeness (QED) is 0.780. The van der Waals surface area contributed by atoms with Crippen molar-refractivity contribution in [3.8, 4) is 11.8 Å². The van der Waals surface area contributed by atoms with Gasteiger partial charge in [0.15, 0.2) is 0 Å². The standard InChI is InChI=1S/C13H14N2O2/c1-9-10(8-14)6-13(16)15(9)11-4-3-5-12(7-11)17-2/h3-5,7,9-10H,6H2,1-2H3. The minimum Gasteiger partial charge on any atom is -0.497 e. The van der Waals surface area contributed by atoms with Crippen molar-refractivity contribution in [2.24, 2.45) is 5.92 Å². The second kappa shape index (κ2) is 4.46. The Morgan fingerprint density at radius 3 is 2.88 bits per heavy atom. The number of carbonyl (C=O) groups is 1. The number of carbonyl (C=O) groups excluding carboxylic acids is 1. The molecule has 1 heterocycles. The Hall–Kier alpha value is -2.02. The molecule has 1 aliphatic heterocycles. The van der Waals surface area contributed by atoms with Gasteiger partial charge in [0.05, 0.1) is 25.1 Å². The molecule has 1 saturated heterocycles. The van der Waals surface area contributed by atoms with Crippen LogP contribution in [-0.4, -0.2) is 19.1 Å². The average Bonchev–Trinajstić information content (AvgIpc) is 2.64. The molecule has 2 atom stereocenters. The zero-order chi connectivity index (χ0) is 12.4. The summed E-state index contributed by atoms with van der Waals surface area (Å²) in [6.45, 7) is 1.90. The van der Waals surface area contributed by atoms with Gasteiger partial charge in [-0.2, -0.15) is 5.26 Å². The van der Waals surface area contributed by atoms with Crippen LogP contribution in [0.25, 0.3) is 0 Å². The van der Waals surface area contributed by atoms with Crippen LogP contribution in [0.15, 0.2) is 24.3 Å². The molecule has 2 rings (SSSR count). The van der Waals surface area contributed by atoms with Crippen LogP contribution in [0.2, 0.25) is 0 Å². The van der Waals surface area contributed by atoms with Crippen molar-refractivity contribution in [3.05, 3.63) is 24.3 Å². The van der Waals surface area contributed by atoms with E-state index in [-0.39, 0.29) is 17.9 Å². The first kappa shape index (κ1) is 11.5. The van der Waals surface area contributed by atoms with Gasteiger partial charge in [0.25, 0.3) is 0 Å². The molecule has 4 nitrogen and oxygen atoms in total. The fraction of sp³-hybridized carbons (Fsp3) is 0.385. The van der Waals surface area contributed by atoms with Crippen molar-refractivity contribution >= 4 is 11.6 Å². The van der Waals surface area contributed by atoms with E-state index >= 15 is 0 Å². The van der Waals surface area contributed by atoms with E-state index in [0.717, 1.165) is 5.69 Å². The molecule has 17 heavy (non-hydrogen) atoms. The number of nitriles is 1. The molecule has 4 heteroatoms. The van der Waals surface area contributed by atoms with Gasteiger partial charge in [-0.1, -0.05) is 6.07 Å². The van der Waals surface area contributed by atoms with Crippen LogP contribution in [0.5, 0.6) is 5.75 Å². The lowest BCUT2D eigenvalue weighted by atomic mass is 10.0. The molecule has 2 unspecified atom stereocenters. The van der Waals surface area contributed by atoms with Gasteiger partial charge in [0.2, 0.25) is 5.91 Å². The largest absolute Gasteiger partial charge is 0.497 e. The van der Waals surface area contributed by atoms with Gasteiger partial charge in [0, 0.05) is 18.2 Å². The van der Waals surface area contributed by atoms with E-state index in [1.165, 1.54) is 0 Å². The highest BCUT2D eigenvalue weighted by Gasteiger charge is 2.37. The van der Waals surface area contributed by atoms with Crippen LogP contribution in [0.1, 0.15) is 13.3 Å². The minimum atomic E-state index is -0.228. The summed E-state index contributed by atoms with van der Waals surface area (Å²) < 4.78 is 5.14. The highest BCUT2D eigenvalue weighted by Crippen LogP contribution is 2.32. The van der Waals surface area contributed by atoms with E-state index in [2.05, 4.69) is 6.07 Å². The number of amides is 1. The van der Waals surface area contributed by atoms with Crippen molar-refractivity contribution in [1.82, 2.24) is 0 Å². The lowest BCUT2D eigenvalue weighted by Gasteiger charge is -2.23. The Morgan fingerprint density at radius 1 is 1.53 bits per heavy atom. The summed E-state index contributed by atoms with van der Waals surface area (Å²) in [4.78, 5) is 13.6. The summed E-state index contributed by atoms with van der Waals surface area (Å²) in [6.07, 6.45) is 0.300. The third-order valence-corrected chi connectivity index (χ3v) is 3.15. The Balaban J connectivity index is 2.33. The van der Waals surface area contributed by atoms with E-state index in [0.29, 0.717) is 12.2 Å². The average molecular weight is 230 g/mol. The number of hydrogen-bond donors (Lipinski definition) is 0. The molecule has 0 radical (unpaired) electrons. The first-order valence-corrected chi connectivity index (χ1v) is 5.53. The van der Waals surface area contributed by atoms with Gasteiger partial charge in [-0.3, -0.25) is 4.79 Å². The summed E-state index contributed by atoms with van der Waals surface area (Å²) in [5.41, 5.74) is 0.791. The number of benzene rings is 1. The molecule has 88 valence electrons. The molecule has 0 saturated carbocycles. The maximum Gasteiger partial charge on any atom is 0.228 e. The predicted octanol–water partition coefficient (Wildman–Crippen LogP) is 1.96. The van der Waals surface area contributed by atoms with Crippen LogP contribution in [-0.2, 0) is 4.79 Å². The molecule has 1 aliphatic rings. The molecule has 1 aromatic carbocycles. The Labute approximate surface area is 100 Å². The van der Waals surface area contributed by atoms with Gasteiger partial charge in [-0.05, 0) is 19.1 Å². The number of rotatable bonds is 2. The smallest absolute Gasteiger partial charge is 0.228 e. The van der Waals surface area contributed by atoms with Crippen LogP contribution < -0.4 is 9.64 Å². The van der Waals surface area contributed by atoms with Gasteiger partial charge in [0.1, 0.15) is 5.75 Å². The van der Waals surface area contributed by atoms with E-state index in [1.54, 1.807) is 12.0 Å². The third-order valence-electron chi connectivity index (χ3n) is 3.15. The highest BCUT2D eigenvalue weighted by molar-refractivity contribution is 5.97. The van der Waals surface area contributed by atoms with Crippen LogP contribution in [0.4, 0.5) is 5.69 Å². The number of hydrogen-bond acceptors (Lipinski definition) is 3. The van der Waals surface area contributed by atoms with Gasteiger partial charge < -0.3 is 9.64 Å². The Kier molecular flexibility index (Phi) is 3.01. The summed E-state index contributed by atoms with van der Waals surface area (Å²) in [6, 6.07) is 9.44. The van der Waals surface area contributed by atoms with Gasteiger partial charge >= 0.3 is 0 Å². The number of anilines is 1. The molecule has 0 N–H and O–H groups in total. The Morgan fingerprint density at radius 2 is 2.29 bits per heavy atom. The van der Waals surface area contributed by atoms with Crippen molar-refractivity contribution in [2.45, 2.75) is 19.4 Å².